The van der Waals surface area contributed by atoms with Crippen molar-refractivity contribution in [2.24, 2.45) is 29.1 Å². The summed E-state index contributed by atoms with van der Waals surface area (Å²) in [6, 6.07) is 32.2. The smallest absolute Gasteiger partial charge is 0.323 e. The molecular weight excluding hydrogens is 554 g/mol. The number of alkyl halides is 2. The molecule has 7 rings (SSSR count). The molecule has 1 unspecified atom stereocenters. The van der Waals surface area contributed by atoms with E-state index in [1.807, 2.05) is 0 Å². The van der Waals surface area contributed by atoms with Gasteiger partial charge in [-0.2, -0.15) is 8.78 Å². The lowest BCUT2D eigenvalue weighted by molar-refractivity contribution is -0.338. The molecule has 4 aliphatic rings. The van der Waals surface area contributed by atoms with Crippen molar-refractivity contribution < 1.29 is 28.2 Å². The van der Waals surface area contributed by atoms with Gasteiger partial charge in [0.15, 0.2) is 20.8 Å². The van der Waals surface area contributed by atoms with Crippen molar-refractivity contribution in [3.8, 4) is 0 Å². The monoisotopic (exact) mass is 592 g/mol. The van der Waals surface area contributed by atoms with Crippen molar-refractivity contribution in [2.75, 3.05) is 0 Å². The molecule has 0 radical (unpaired) electrons. The Hall–Kier alpha value is -3.19. The van der Waals surface area contributed by atoms with Crippen molar-refractivity contribution in [3.63, 3.8) is 0 Å². The standard InChI is InChI=1S/C18H15S.C17H24F2O4/c1-4-10-16(11-5-1)19(17-12-6-2-7-13-17)18-14-8-3-9-15-18;1-9(2)13(17(18,19)14(20)21)23-15(22)16-6-10-3-11(7-16)5-12(4-10)8-16/h1-15H;9-13H,3-8H2,1-2H3,(H,20,21)/q+1;/p-1. The summed E-state index contributed by atoms with van der Waals surface area (Å²) in [5.41, 5.74) is -0.677. The molecule has 1 atom stereocenters. The lowest BCUT2D eigenvalue weighted by Crippen LogP contribution is -2.56. The average molecular weight is 593 g/mol. The first-order chi connectivity index (χ1) is 20.1. The van der Waals surface area contributed by atoms with Crippen LogP contribution in [0, 0.1) is 29.1 Å². The van der Waals surface area contributed by atoms with Crippen LogP contribution in [0.5, 0.6) is 0 Å². The molecule has 0 N–H and O–H groups in total. The summed E-state index contributed by atoms with van der Waals surface area (Å²) in [5, 5.41) is 10.7. The fourth-order valence-electron chi connectivity index (χ4n) is 7.42. The van der Waals surface area contributed by atoms with Crippen molar-refractivity contribution in [3.05, 3.63) is 91.0 Å². The van der Waals surface area contributed by atoms with Gasteiger partial charge in [0.05, 0.1) is 16.3 Å². The number of hydrogen-bond donors (Lipinski definition) is 0. The molecule has 0 heterocycles. The van der Waals surface area contributed by atoms with Gasteiger partial charge in [-0.1, -0.05) is 68.4 Å². The molecule has 4 bridgehead atoms. The van der Waals surface area contributed by atoms with Gasteiger partial charge in [-0.05, 0) is 98.6 Å². The first-order valence-electron chi connectivity index (χ1n) is 14.8. The Labute approximate surface area is 249 Å². The van der Waals surface area contributed by atoms with E-state index in [4.69, 9.17) is 4.74 Å². The highest BCUT2D eigenvalue weighted by Crippen LogP contribution is 2.60. The number of carbonyl (C=O) groups is 2. The van der Waals surface area contributed by atoms with Gasteiger partial charge in [-0.3, -0.25) is 4.79 Å². The maximum Gasteiger partial charge on any atom is 0.323 e. The van der Waals surface area contributed by atoms with E-state index >= 15 is 0 Å². The van der Waals surface area contributed by atoms with Gasteiger partial charge < -0.3 is 14.6 Å². The topological polar surface area (TPSA) is 66.4 Å². The van der Waals surface area contributed by atoms with Crippen LogP contribution >= 0.6 is 0 Å². The van der Waals surface area contributed by atoms with E-state index < -0.39 is 35.3 Å². The van der Waals surface area contributed by atoms with E-state index in [1.165, 1.54) is 28.5 Å². The molecule has 0 aliphatic heterocycles. The SMILES string of the molecule is CC(C)C(OC(=O)C12CC3CC(CC(C3)C1)C2)C(F)(F)C(=O)[O-].c1ccc([S+](c2ccccc2)c2ccccc2)cc1. The van der Waals surface area contributed by atoms with Crippen LogP contribution in [0.25, 0.3) is 0 Å². The molecule has 222 valence electrons. The summed E-state index contributed by atoms with van der Waals surface area (Å²) in [7, 11) is -0.0146. The highest BCUT2D eigenvalue weighted by Gasteiger charge is 2.57. The molecule has 4 saturated carbocycles. The summed E-state index contributed by atoms with van der Waals surface area (Å²) < 4.78 is 32.8. The Kier molecular flexibility index (Phi) is 9.07. The molecule has 0 aromatic heterocycles. The number of carboxylic acids is 1. The van der Waals surface area contributed by atoms with E-state index in [2.05, 4.69) is 91.0 Å². The molecule has 7 heteroatoms. The Morgan fingerprint density at radius 1 is 0.762 bits per heavy atom. The van der Waals surface area contributed by atoms with Crippen LogP contribution in [0.1, 0.15) is 52.4 Å². The van der Waals surface area contributed by atoms with Crippen molar-refractivity contribution in [2.45, 2.75) is 79.1 Å². The maximum atomic E-state index is 13.9. The fourth-order valence-corrected chi connectivity index (χ4v) is 9.53. The van der Waals surface area contributed by atoms with Gasteiger partial charge >= 0.3 is 11.9 Å². The molecule has 4 nitrogen and oxygen atoms in total. The van der Waals surface area contributed by atoms with Gasteiger partial charge in [0.25, 0.3) is 0 Å². The average Bonchev–Trinajstić information content (AvgIpc) is 2.97. The van der Waals surface area contributed by atoms with E-state index in [9.17, 15) is 23.5 Å². The van der Waals surface area contributed by atoms with Gasteiger partial charge in [-0.15, -0.1) is 0 Å². The highest BCUT2D eigenvalue weighted by atomic mass is 32.2. The van der Waals surface area contributed by atoms with Gasteiger partial charge in [0.2, 0.25) is 0 Å². The Bertz CT molecular complexity index is 1220. The summed E-state index contributed by atoms with van der Waals surface area (Å²) in [5.74, 6) is -6.66. The number of rotatable bonds is 8. The van der Waals surface area contributed by atoms with Gasteiger partial charge in [-0.25, -0.2) is 0 Å². The normalized spacial score (nSPS) is 25.0. The molecule has 42 heavy (non-hydrogen) atoms. The highest BCUT2D eigenvalue weighted by molar-refractivity contribution is 7.97. The number of aliphatic carboxylic acids is 1. The minimum atomic E-state index is -4.17. The van der Waals surface area contributed by atoms with Crippen LogP contribution in [0.4, 0.5) is 8.78 Å². The zero-order valence-electron chi connectivity index (χ0n) is 24.1. The van der Waals surface area contributed by atoms with Crippen LogP contribution in [0.15, 0.2) is 106 Å². The second-order valence-electron chi connectivity index (χ2n) is 12.4. The number of benzene rings is 3. The molecule has 4 aliphatic carbocycles. The zero-order chi connectivity index (χ0) is 29.9. The first kappa shape index (κ1) is 30.3. The third kappa shape index (κ3) is 6.41. The fraction of sp³-hybridized carbons (Fsp3) is 0.429. The van der Waals surface area contributed by atoms with E-state index in [0.29, 0.717) is 37.0 Å². The Morgan fingerprint density at radius 3 is 1.43 bits per heavy atom. The number of esters is 1. The third-order valence-electron chi connectivity index (χ3n) is 8.88. The largest absolute Gasteiger partial charge is 0.544 e. The number of carbonyl (C=O) groups excluding carboxylic acids is 2. The molecule has 4 fully saturated rings. The number of hydrogen-bond acceptors (Lipinski definition) is 4. The van der Waals surface area contributed by atoms with Crippen LogP contribution < -0.4 is 5.11 Å². The minimum Gasteiger partial charge on any atom is -0.544 e. The van der Waals surface area contributed by atoms with Gasteiger partial charge in [0.1, 0.15) is 5.97 Å². The molecular formula is C35H38F2O4S. The predicted molar refractivity (Wildman–Crippen MR) is 157 cm³/mol. The second kappa shape index (κ2) is 12.6. The molecule has 0 spiro atoms. The van der Waals surface area contributed by atoms with Crippen LogP contribution in [-0.2, 0) is 25.2 Å². The first-order valence-corrected chi connectivity index (χ1v) is 16.0. The lowest BCUT2D eigenvalue weighted by atomic mass is 9.49. The Balaban J connectivity index is 0.000000171. The number of carboxylic acid groups (broad SMARTS) is 1. The predicted octanol–water partition coefficient (Wildman–Crippen LogP) is 6.94. The third-order valence-corrected chi connectivity index (χ3v) is 11.1. The van der Waals surface area contributed by atoms with E-state index in [0.717, 1.165) is 19.3 Å². The van der Waals surface area contributed by atoms with Crippen molar-refractivity contribution in [1.29, 1.82) is 0 Å². The molecule has 3 aromatic carbocycles. The van der Waals surface area contributed by atoms with E-state index in [-0.39, 0.29) is 10.9 Å². The number of ether oxygens (including phenoxy) is 1. The summed E-state index contributed by atoms with van der Waals surface area (Å²) >= 11 is 0. The summed E-state index contributed by atoms with van der Waals surface area (Å²) in [4.78, 5) is 27.5. The molecule has 3 aromatic rings. The van der Waals surface area contributed by atoms with Crippen molar-refractivity contribution >= 4 is 22.8 Å². The zero-order valence-corrected chi connectivity index (χ0v) is 24.9. The van der Waals surface area contributed by atoms with Crippen LogP contribution in [0.3, 0.4) is 0 Å². The lowest BCUT2D eigenvalue weighted by Gasteiger charge is -2.55. The summed E-state index contributed by atoms with van der Waals surface area (Å²) in [6.45, 7) is 2.85. The van der Waals surface area contributed by atoms with Gasteiger partial charge in [0, 0.05) is 0 Å². The number of halogens is 2. The second-order valence-corrected chi connectivity index (χ2v) is 14.5. The van der Waals surface area contributed by atoms with Crippen LogP contribution in [-0.4, -0.2) is 24.0 Å². The molecule has 0 saturated heterocycles. The maximum absolute atomic E-state index is 13.9. The summed E-state index contributed by atoms with van der Waals surface area (Å²) in [6.07, 6.45) is 3.46. The quantitative estimate of drug-likeness (QED) is 0.210. The molecule has 0 amide bonds. The minimum absolute atomic E-state index is 0.0146. The van der Waals surface area contributed by atoms with E-state index in [1.54, 1.807) is 0 Å². The van der Waals surface area contributed by atoms with Crippen molar-refractivity contribution in [1.82, 2.24) is 0 Å². The Morgan fingerprint density at radius 2 is 1.12 bits per heavy atom. The van der Waals surface area contributed by atoms with Crippen LogP contribution in [0.2, 0.25) is 0 Å².